The zero-order valence-electron chi connectivity index (χ0n) is 9.49. The summed E-state index contributed by atoms with van der Waals surface area (Å²) in [4.78, 5) is 0. The number of hydrazine groups is 1. The highest BCUT2D eigenvalue weighted by Crippen LogP contribution is 2.28. The van der Waals surface area contributed by atoms with Crippen molar-refractivity contribution in [2.45, 2.75) is 6.04 Å². The van der Waals surface area contributed by atoms with E-state index in [9.17, 15) is 8.78 Å². The first kappa shape index (κ1) is 12.9. The predicted octanol–water partition coefficient (Wildman–Crippen LogP) is 1.90. The standard InChI is InChI=1S/C11H11ClF2N4/c1-18-11(9(12)5-16-18)10(17-15)6-2-7(13)4-8(14)3-6/h2-5,10,17H,15H2,1H3. The highest BCUT2D eigenvalue weighted by atomic mass is 35.5. The number of nitrogens with zero attached hydrogens (tertiary/aromatic N) is 2. The second kappa shape index (κ2) is 5.01. The molecule has 0 aliphatic carbocycles. The summed E-state index contributed by atoms with van der Waals surface area (Å²) in [7, 11) is 1.67. The molecule has 0 spiro atoms. The number of nitrogens with two attached hydrogens (primary N) is 1. The minimum atomic E-state index is -0.677. The Balaban J connectivity index is 2.52. The topological polar surface area (TPSA) is 55.9 Å². The first-order valence-corrected chi connectivity index (χ1v) is 5.50. The third-order valence-corrected chi connectivity index (χ3v) is 2.89. The molecule has 1 aromatic heterocycles. The lowest BCUT2D eigenvalue weighted by Crippen LogP contribution is -2.30. The average Bonchev–Trinajstić information content (AvgIpc) is 2.61. The Labute approximate surface area is 107 Å². The fraction of sp³-hybridized carbons (Fsp3) is 0.182. The van der Waals surface area contributed by atoms with Crippen LogP contribution in [0.2, 0.25) is 5.02 Å². The second-order valence-electron chi connectivity index (χ2n) is 3.80. The van der Waals surface area contributed by atoms with Crippen molar-refractivity contribution in [2.24, 2.45) is 12.9 Å². The maximum Gasteiger partial charge on any atom is 0.126 e. The normalized spacial score (nSPS) is 12.7. The smallest absolute Gasteiger partial charge is 0.126 e. The molecule has 1 unspecified atom stereocenters. The van der Waals surface area contributed by atoms with E-state index in [4.69, 9.17) is 17.4 Å². The lowest BCUT2D eigenvalue weighted by molar-refractivity contribution is 0.548. The fourth-order valence-electron chi connectivity index (χ4n) is 1.82. The van der Waals surface area contributed by atoms with Crippen LogP contribution in [-0.2, 0) is 7.05 Å². The first-order chi connectivity index (χ1) is 8.52. The summed E-state index contributed by atoms with van der Waals surface area (Å²) in [5.74, 6) is 4.08. The molecule has 0 amide bonds. The molecule has 7 heteroatoms. The SMILES string of the molecule is Cn1ncc(Cl)c1C(NN)c1cc(F)cc(F)c1. The van der Waals surface area contributed by atoms with Gasteiger partial charge in [-0.3, -0.25) is 10.5 Å². The highest BCUT2D eigenvalue weighted by Gasteiger charge is 2.21. The predicted molar refractivity (Wildman–Crippen MR) is 63.7 cm³/mol. The number of benzene rings is 1. The molecule has 96 valence electrons. The summed E-state index contributed by atoms with van der Waals surface area (Å²) < 4.78 is 27.9. The van der Waals surface area contributed by atoms with Crippen molar-refractivity contribution in [1.82, 2.24) is 15.2 Å². The van der Waals surface area contributed by atoms with Crippen LogP contribution < -0.4 is 11.3 Å². The van der Waals surface area contributed by atoms with Gasteiger partial charge in [-0.15, -0.1) is 0 Å². The third-order valence-electron chi connectivity index (χ3n) is 2.60. The van der Waals surface area contributed by atoms with Crippen molar-refractivity contribution in [2.75, 3.05) is 0 Å². The van der Waals surface area contributed by atoms with Crippen LogP contribution >= 0.6 is 11.6 Å². The molecule has 0 fully saturated rings. The Kier molecular flexibility index (Phi) is 3.60. The molecule has 3 N–H and O–H groups in total. The molecule has 1 aromatic carbocycles. The molecular weight excluding hydrogens is 262 g/mol. The van der Waals surface area contributed by atoms with Crippen LogP contribution in [0.15, 0.2) is 24.4 Å². The summed E-state index contributed by atoms with van der Waals surface area (Å²) in [5, 5.41) is 4.32. The van der Waals surface area contributed by atoms with E-state index in [-0.39, 0.29) is 0 Å². The summed E-state index contributed by atoms with van der Waals surface area (Å²) in [6, 6.07) is 2.53. The Morgan fingerprint density at radius 2 is 1.94 bits per heavy atom. The minimum absolute atomic E-state index is 0.334. The average molecular weight is 273 g/mol. The molecule has 0 bridgehead atoms. The maximum atomic E-state index is 13.2. The van der Waals surface area contributed by atoms with Crippen LogP contribution in [0.3, 0.4) is 0 Å². The van der Waals surface area contributed by atoms with E-state index in [1.54, 1.807) is 7.05 Å². The molecule has 0 aliphatic rings. The number of hydrogen-bond donors (Lipinski definition) is 2. The minimum Gasteiger partial charge on any atom is -0.271 e. The lowest BCUT2D eigenvalue weighted by Gasteiger charge is -2.17. The van der Waals surface area contributed by atoms with Crippen LogP contribution in [-0.4, -0.2) is 9.78 Å². The lowest BCUT2D eigenvalue weighted by atomic mass is 10.0. The summed E-state index contributed by atoms with van der Waals surface area (Å²) in [6.45, 7) is 0. The van der Waals surface area contributed by atoms with Gasteiger partial charge in [0.2, 0.25) is 0 Å². The van der Waals surface area contributed by atoms with Gasteiger partial charge in [0.05, 0.1) is 23.0 Å². The zero-order chi connectivity index (χ0) is 13.3. The summed E-state index contributed by atoms with van der Waals surface area (Å²) in [6.07, 6.45) is 1.44. The van der Waals surface area contributed by atoms with Gasteiger partial charge < -0.3 is 0 Å². The van der Waals surface area contributed by atoms with Gasteiger partial charge in [0.25, 0.3) is 0 Å². The van der Waals surface area contributed by atoms with Crippen LogP contribution in [0.25, 0.3) is 0 Å². The van der Waals surface area contributed by atoms with Crippen molar-refractivity contribution in [3.8, 4) is 0 Å². The maximum absolute atomic E-state index is 13.2. The number of aromatic nitrogens is 2. The van der Waals surface area contributed by atoms with E-state index in [1.807, 2.05) is 0 Å². The largest absolute Gasteiger partial charge is 0.271 e. The number of nitrogens with one attached hydrogen (secondary N) is 1. The molecule has 0 radical (unpaired) electrons. The fourth-order valence-corrected chi connectivity index (χ4v) is 2.09. The van der Waals surface area contributed by atoms with Gasteiger partial charge in [-0.1, -0.05) is 11.6 Å². The molecule has 1 heterocycles. The van der Waals surface area contributed by atoms with E-state index in [0.717, 1.165) is 6.07 Å². The van der Waals surface area contributed by atoms with Gasteiger partial charge in [0.15, 0.2) is 0 Å². The summed E-state index contributed by atoms with van der Waals surface area (Å²) in [5.41, 5.74) is 3.34. The Morgan fingerprint density at radius 3 is 2.39 bits per heavy atom. The number of aryl methyl sites for hydroxylation is 1. The van der Waals surface area contributed by atoms with E-state index >= 15 is 0 Å². The van der Waals surface area contributed by atoms with Gasteiger partial charge in [0, 0.05) is 13.1 Å². The van der Waals surface area contributed by atoms with E-state index in [2.05, 4.69) is 10.5 Å². The van der Waals surface area contributed by atoms with E-state index < -0.39 is 17.7 Å². The van der Waals surface area contributed by atoms with Crippen LogP contribution in [0, 0.1) is 11.6 Å². The molecule has 4 nitrogen and oxygen atoms in total. The van der Waals surface area contributed by atoms with Gasteiger partial charge in [-0.25, -0.2) is 14.2 Å². The van der Waals surface area contributed by atoms with Gasteiger partial charge in [-0.05, 0) is 17.7 Å². The van der Waals surface area contributed by atoms with Gasteiger partial charge >= 0.3 is 0 Å². The molecule has 0 saturated heterocycles. The van der Waals surface area contributed by atoms with Crippen molar-refractivity contribution < 1.29 is 8.78 Å². The number of rotatable bonds is 3. The number of hydrogen-bond acceptors (Lipinski definition) is 3. The molecule has 2 aromatic rings. The van der Waals surface area contributed by atoms with Crippen LogP contribution in [0.5, 0.6) is 0 Å². The van der Waals surface area contributed by atoms with Crippen molar-refractivity contribution in [3.63, 3.8) is 0 Å². The first-order valence-electron chi connectivity index (χ1n) is 5.12. The quantitative estimate of drug-likeness (QED) is 0.663. The number of halogens is 3. The molecular formula is C11H11ClF2N4. The van der Waals surface area contributed by atoms with E-state index in [1.165, 1.54) is 23.0 Å². The summed E-state index contributed by atoms with van der Waals surface area (Å²) >= 11 is 5.98. The highest BCUT2D eigenvalue weighted by molar-refractivity contribution is 6.31. The Morgan fingerprint density at radius 1 is 1.33 bits per heavy atom. The third kappa shape index (κ3) is 2.35. The zero-order valence-corrected chi connectivity index (χ0v) is 10.2. The van der Waals surface area contributed by atoms with E-state index in [0.29, 0.717) is 16.3 Å². The van der Waals surface area contributed by atoms with Crippen molar-refractivity contribution in [3.05, 3.63) is 52.3 Å². The van der Waals surface area contributed by atoms with Crippen molar-refractivity contribution in [1.29, 1.82) is 0 Å². The molecule has 1 atom stereocenters. The monoisotopic (exact) mass is 272 g/mol. The Hall–Kier alpha value is -1.50. The van der Waals surface area contributed by atoms with Crippen LogP contribution in [0.1, 0.15) is 17.3 Å². The molecule has 0 aliphatic heterocycles. The van der Waals surface area contributed by atoms with Crippen molar-refractivity contribution >= 4 is 11.6 Å². The second-order valence-corrected chi connectivity index (χ2v) is 4.21. The van der Waals surface area contributed by atoms with Crippen LogP contribution in [0.4, 0.5) is 8.78 Å². The molecule has 2 rings (SSSR count). The van der Waals surface area contributed by atoms with Gasteiger partial charge in [-0.2, -0.15) is 5.10 Å². The Bertz CT molecular complexity index is 530. The van der Waals surface area contributed by atoms with Gasteiger partial charge in [0.1, 0.15) is 11.6 Å². The molecule has 0 saturated carbocycles. The molecule has 18 heavy (non-hydrogen) atoms.